The van der Waals surface area contributed by atoms with Gasteiger partial charge in [-0.15, -0.1) is 11.3 Å². The Morgan fingerprint density at radius 3 is 2.81 bits per heavy atom. The van der Waals surface area contributed by atoms with Gasteiger partial charge in [-0.1, -0.05) is 29.8 Å². The van der Waals surface area contributed by atoms with Crippen molar-refractivity contribution >= 4 is 23.2 Å². The Hall–Kier alpha value is -2.21. The van der Waals surface area contributed by atoms with Gasteiger partial charge in [-0.2, -0.15) is 0 Å². The molecule has 1 unspecified atom stereocenters. The maximum absolute atomic E-state index is 12.7. The van der Waals surface area contributed by atoms with Gasteiger partial charge < -0.3 is 10.0 Å². The van der Waals surface area contributed by atoms with Gasteiger partial charge in [0.1, 0.15) is 5.69 Å². The van der Waals surface area contributed by atoms with Gasteiger partial charge in [0.25, 0.3) is 5.91 Å². The fraction of sp³-hybridized carbons (Fsp3) is 0.450. The second-order valence-electron chi connectivity index (χ2n) is 6.98. The monoisotopic (exact) mass is 372 g/mol. The number of carboxylic acids is 1. The number of carbonyl (C=O) groups excluding carboxylic acids is 1. The summed E-state index contributed by atoms with van der Waals surface area (Å²) in [5, 5.41) is 11.6. The number of likely N-dealkylation sites (tertiary alicyclic amines) is 1. The van der Waals surface area contributed by atoms with Gasteiger partial charge >= 0.3 is 5.97 Å². The highest BCUT2D eigenvalue weighted by molar-refractivity contribution is 7.09. The molecular weight excluding hydrogens is 348 g/mol. The van der Waals surface area contributed by atoms with Crippen LogP contribution in [0.2, 0.25) is 0 Å². The summed E-state index contributed by atoms with van der Waals surface area (Å²) in [6.45, 7) is 3.43. The number of carboxylic acid groups (broad SMARTS) is 1. The first-order chi connectivity index (χ1) is 12.5. The number of aryl methyl sites for hydroxylation is 1. The van der Waals surface area contributed by atoms with Crippen molar-refractivity contribution in [2.24, 2.45) is 5.92 Å². The molecule has 138 valence electrons. The zero-order valence-corrected chi connectivity index (χ0v) is 15.8. The van der Waals surface area contributed by atoms with Gasteiger partial charge in [0, 0.05) is 31.3 Å². The number of hydrogen-bond acceptors (Lipinski definition) is 4. The van der Waals surface area contributed by atoms with Crippen LogP contribution in [0.25, 0.3) is 0 Å². The number of benzene rings is 1. The van der Waals surface area contributed by atoms with E-state index in [-0.39, 0.29) is 18.2 Å². The molecule has 1 aromatic heterocycles. The fourth-order valence-corrected chi connectivity index (χ4v) is 4.15. The van der Waals surface area contributed by atoms with Crippen LogP contribution in [-0.2, 0) is 11.2 Å². The van der Waals surface area contributed by atoms with E-state index in [4.69, 9.17) is 5.11 Å². The molecule has 2 heterocycles. The van der Waals surface area contributed by atoms with Gasteiger partial charge in [0.15, 0.2) is 0 Å². The Labute approximate surface area is 157 Å². The van der Waals surface area contributed by atoms with E-state index in [2.05, 4.69) is 36.2 Å². The normalized spacial score (nSPS) is 17.3. The number of rotatable bonds is 6. The second-order valence-corrected chi connectivity index (χ2v) is 7.92. The smallest absolute Gasteiger partial charge is 0.303 e. The van der Waals surface area contributed by atoms with Crippen LogP contribution in [0.3, 0.4) is 0 Å². The van der Waals surface area contributed by atoms with Crippen molar-refractivity contribution in [2.45, 2.75) is 39.0 Å². The molecule has 26 heavy (non-hydrogen) atoms. The lowest BCUT2D eigenvalue weighted by atomic mass is 9.93. The van der Waals surface area contributed by atoms with E-state index in [9.17, 15) is 9.59 Å². The topological polar surface area (TPSA) is 70.5 Å². The third-order valence-corrected chi connectivity index (χ3v) is 5.67. The standard InChI is InChI=1S/C20H24N2O3S/c1-14-4-6-15(7-5-14)11-18-21-17(13-26-18)20(25)22-10-2-3-16(12-22)8-9-19(23)24/h4-7,13,16H,2-3,8-12H2,1H3,(H,23,24). The molecule has 1 aliphatic rings. The molecule has 0 aliphatic carbocycles. The lowest BCUT2D eigenvalue weighted by molar-refractivity contribution is -0.137. The van der Waals surface area contributed by atoms with Crippen LogP contribution in [-0.4, -0.2) is 40.0 Å². The van der Waals surface area contributed by atoms with Crippen LogP contribution in [0.5, 0.6) is 0 Å². The zero-order chi connectivity index (χ0) is 18.5. The van der Waals surface area contributed by atoms with Gasteiger partial charge in [0.2, 0.25) is 0 Å². The Morgan fingerprint density at radius 1 is 1.31 bits per heavy atom. The lowest BCUT2D eigenvalue weighted by Gasteiger charge is -2.32. The molecule has 1 atom stereocenters. The number of piperidine rings is 1. The van der Waals surface area contributed by atoms with Crippen molar-refractivity contribution in [1.82, 2.24) is 9.88 Å². The van der Waals surface area contributed by atoms with Crippen molar-refractivity contribution in [2.75, 3.05) is 13.1 Å². The molecule has 0 bridgehead atoms. The second kappa shape index (κ2) is 8.45. The summed E-state index contributed by atoms with van der Waals surface area (Å²) in [5.41, 5.74) is 2.93. The summed E-state index contributed by atoms with van der Waals surface area (Å²) in [7, 11) is 0. The highest BCUT2D eigenvalue weighted by Crippen LogP contribution is 2.23. The van der Waals surface area contributed by atoms with Crippen LogP contribution in [0.15, 0.2) is 29.6 Å². The highest BCUT2D eigenvalue weighted by atomic mass is 32.1. The summed E-state index contributed by atoms with van der Waals surface area (Å²) in [6.07, 6.45) is 3.46. The molecule has 1 fully saturated rings. The van der Waals surface area contributed by atoms with Crippen LogP contribution in [0, 0.1) is 12.8 Å². The number of hydrogen-bond donors (Lipinski definition) is 1. The first kappa shape index (κ1) is 18.6. The summed E-state index contributed by atoms with van der Waals surface area (Å²) < 4.78 is 0. The largest absolute Gasteiger partial charge is 0.481 e. The zero-order valence-electron chi connectivity index (χ0n) is 15.0. The van der Waals surface area contributed by atoms with Crippen molar-refractivity contribution in [3.8, 4) is 0 Å². The average molecular weight is 372 g/mol. The molecule has 1 N–H and O–H groups in total. The van der Waals surface area contributed by atoms with Gasteiger partial charge in [-0.3, -0.25) is 9.59 Å². The maximum atomic E-state index is 12.7. The summed E-state index contributed by atoms with van der Waals surface area (Å²) >= 11 is 1.52. The molecule has 5 nitrogen and oxygen atoms in total. The van der Waals surface area contributed by atoms with E-state index >= 15 is 0 Å². The Kier molecular flexibility index (Phi) is 6.04. The highest BCUT2D eigenvalue weighted by Gasteiger charge is 2.26. The van der Waals surface area contributed by atoms with Gasteiger partial charge in [0.05, 0.1) is 5.01 Å². The van der Waals surface area contributed by atoms with Crippen LogP contribution >= 0.6 is 11.3 Å². The molecule has 6 heteroatoms. The molecule has 1 amide bonds. The molecule has 0 spiro atoms. The van der Waals surface area contributed by atoms with E-state index in [1.165, 1.54) is 22.5 Å². The average Bonchev–Trinajstić information content (AvgIpc) is 3.10. The number of nitrogens with zero attached hydrogens (tertiary/aromatic N) is 2. The first-order valence-corrected chi connectivity index (χ1v) is 9.90. The van der Waals surface area contributed by atoms with E-state index in [0.29, 0.717) is 18.7 Å². The molecule has 1 aliphatic heterocycles. The number of carbonyl (C=O) groups is 2. The third-order valence-electron chi connectivity index (χ3n) is 4.82. The van der Waals surface area contributed by atoms with Gasteiger partial charge in [-0.05, 0) is 37.7 Å². The van der Waals surface area contributed by atoms with Crippen LogP contribution in [0.4, 0.5) is 0 Å². The minimum atomic E-state index is -0.770. The summed E-state index contributed by atoms with van der Waals surface area (Å²) in [6, 6.07) is 8.35. The summed E-state index contributed by atoms with van der Waals surface area (Å²) in [4.78, 5) is 29.9. The quantitative estimate of drug-likeness (QED) is 0.838. The molecule has 1 saturated heterocycles. The third kappa shape index (κ3) is 4.91. The van der Waals surface area contributed by atoms with E-state index < -0.39 is 5.97 Å². The molecule has 0 saturated carbocycles. The minimum absolute atomic E-state index is 0.0311. The summed E-state index contributed by atoms with van der Waals surface area (Å²) in [5.74, 6) is -0.528. The van der Waals surface area contributed by atoms with Gasteiger partial charge in [-0.25, -0.2) is 4.98 Å². The van der Waals surface area contributed by atoms with E-state index in [1.54, 1.807) is 0 Å². The lowest BCUT2D eigenvalue weighted by Crippen LogP contribution is -2.40. The molecule has 2 aromatic rings. The maximum Gasteiger partial charge on any atom is 0.303 e. The van der Waals surface area contributed by atoms with Crippen LogP contribution in [0.1, 0.15) is 52.3 Å². The molecule has 3 rings (SSSR count). The van der Waals surface area contributed by atoms with Crippen LogP contribution < -0.4 is 0 Å². The number of aliphatic carboxylic acids is 1. The van der Waals surface area contributed by atoms with Crippen molar-refractivity contribution in [3.05, 3.63) is 51.5 Å². The Balaban J connectivity index is 1.60. The Morgan fingerprint density at radius 2 is 2.08 bits per heavy atom. The number of amides is 1. The molecular formula is C20H24N2O3S. The SMILES string of the molecule is Cc1ccc(Cc2nc(C(=O)N3CCCC(CCC(=O)O)C3)cs2)cc1. The predicted octanol–water partition coefficient (Wildman–Crippen LogP) is 3.76. The molecule has 1 aromatic carbocycles. The number of aromatic nitrogens is 1. The Bertz CT molecular complexity index is 770. The molecule has 0 radical (unpaired) electrons. The van der Waals surface area contributed by atoms with E-state index in [0.717, 1.165) is 30.8 Å². The van der Waals surface area contributed by atoms with E-state index in [1.807, 2.05) is 10.3 Å². The fourth-order valence-electron chi connectivity index (χ4n) is 3.35. The van der Waals surface area contributed by atoms with Crippen molar-refractivity contribution in [3.63, 3.8) is 0 Å². The predicted molar refractivity (Wildman–Crippen MR) is 102 cm³/mol. The van der Waals surface area contributed by atoms with Crippen molar-refractivity contribution in [1.29, 1.82) is 0 Å². The first-order valence-electron chi connectivity index (χ1n) is 9.02. The number of thiazole rings is 1. The minimum Gasteiger partial charge on any atom is -0.481 e. The van der Waals surface area contributed by atoms with Crippen molar-refractivity contribution < 1.29 is 14.7 Å².